The normalized spacial score (nSPS) is 15.0. The first-order valence-electron chi connectivity index (χ1n) is 5.90. The van der Waals surface area contributed by atoms with E-state index < -0.39 is 0 Å². The minimum Gasteiger partial charge on any atom is -0.493 e. The van der Waals surface area contributed by atoms with E-state index >= 15 is 0 Å². The summed E-state index contributed by atoms with van der Waals surface area (Å²) in [4.78, 5) is 11.8. The van der Waals surface area contributed by atoms with Crippen LogP contribution in [0.2, 0.25) is 0 Å². The highest BCUT2D eigenvalue weighted by Gasteiger charge is 2.22. The van der Waals surface area contributed by atoms with Crippen LogP contribution in [0.15, 0.2) is 18.2 Å². The molecular weight excluding hydrogens is 234 g/mol. The molecule has 0 aromatic heterocycles. The molecule has 0 saturated carbocycles. The Morgan fingerprint density at radius 1 is 1.44 bits per heavy atom. The van der Waals surface area contributed by atoms with Crippen LogP contribution < -0.4 is 15.2 Å². The number of ketones is 1. The summed E-state index contributed by atoms with van der Waals surface area (Å²) in [6.07, 6.45) is 0.372. The lowest BCUT2D eigenvalue weighted by atomic mass is 10.1. The minimum atomic E-state index is 0.00913. The van der Waals surface area contributed by atoms with Crippen LogP contribution in [0.1, 0.15) is 16.8 Å². The molecule has 0 bridgehead atoms. The lowest BCUT2D eigenvalue weighted by Gasteiger charge is -2.27. The van der Waals surface area contributed by atoms with Gasteiger partial charge in [0.25, 0.3) is 0 Å². The SMILES string of the molecule is COc1ccc(C(=O)CCN)cc1OC1COC1. The third-order valence-electron chi connectivity index (χ3n) is 2.76. The predicted octanol–water partition coefficient (Wildman–Crippen LogP) is 1.00. The second-order valence-electron chi connectivity index (χ2n) is 4.10. The molecule has 2 rings (SSSR count). The molecule has 5 heteroatoms. The van der Waals surface area contributed by atoms with E-state index in [4.69, 9.17) is 19.9 Å². The molecule has 1 aromatic rings. The van der Waals surface area contributed by atoms with E-state index in [0.717, 1.165) is 0 Å². The topological polar surface area (TPSA) is 70.8 Å². The van der Waals surface area contributed by atoms with Gasteiger partial charge in [-0.05, 0) is 24.7 Å². The molecule has 98 valence electrons. The van der Waals surface area contributed by atoms with Crippen molar-refractivity contribution in [2.24, 2.45) is 5.73 Å². The summed E-state index contributed by atoms with van der Waals surface area (Å²) in [6, 6.07) is 5.16. The molecule has 0 spiro atoms. The quantitative estimate of drug-likeness (QED) is 0.764. The van der Waals surface area contributed by atoms with Gasteiger partial charge in [-0.25, -0.2) is 0 Å². The molecule has 2 N–H and O–H groups in total. The van der Waals surface area contributed by atoms with Crippen molar-refractivity contribution in [2.75, 3.05) is 26.9 Å². The van der Waals surface area contributed by atoms with E-state index in [1.54, 1.807) is 25.3 Å². The van der Waals surface area contributed by atoms with Crippen LogP contribution in [0.3, 0.4) is 0 Å². The molecule has 1 saturated heterocycles. The first-order valence-corrected chi connectivity index (χ1v) is 5.90. The molecule has 0 atom stereocenters. The molecule has 5 nitrogen and oxygen atoms in total. The van der Waals surface area contributed by atoms with Crippen molar-refractivity contribution in [3.8, 4) is 11.5 Å². The number of hydrogen-bond acceptors (Lipinski definition) is 5. The van der Waals surface area contributed by atoms with E-state index in [-0.39, 0.29) is 11.9 Å². The van der Waals surface area contributed by atoms with Gasteiger partial charge in [0, 0.05) is 12.0 Å². The second-order valence-corrected chi connectivity index (χ2v) is 4.10. The average Bonchev–Trinajstić information content (AvgIpc) is 2.34. The summed E-state index contributed by atoms with van der Waals surface area (Å²) in [7, 11) is 1.57. The van der Waals surface area contributed by atoms with E-state index in [0.29, 0.717) is 43.2 Å². The molecule has 1 fully saturated rings. The first kappa shape index (κ1) is 12.9. The van der Waals surface area contributed by atoms with Gasteiger partial charge < -0.3 is 19.9 Å². The summed E-state index contributed by atoms with van der Waals surface area (Å²) in [5, 5.41) is 0. The van der Waals surface area contributed by atoms with Crippen LogP contribution in [-0.4, -0.2) is 38.8 Å². The van der Waals surface area contributed by atoms with Crippen molar-refractivity contribution in [2.45, 2.75) is 12.5 Å². The molecule has 1 heterocycles. The Kier molecular flexibility index (Phi) is 4.17. The number of benzene rings is 1. The molecular formula is C13H17NO4. The van der Waals surface area contributed by atoms with Gasteiger partial charge in [0.1, 0.15) is 6.10 Å². The number of rotatable bonds is 6. The van der Waals surface area contributed by atoms with Gasteiger partial charge in [-0.15, -0.1) is 0 Å². The predicted molar refractivity (Wildman–Crippen MR) is 66.2 cm³/mol. The highest BCUT2D eigenvalue weighted by Crippen LogP contribution is 2.30. The van der Waals surface area contributed by atoms with Crippen molar-refractivity contribution in [3.63, 3.8) is 0 Å². The minimum absolute atomic E-state index is 0.00913. The molecule has 0 radical (unpaired) electrons. The Morgan fingerprint density at radius 3 is 2.78 bits per heavy atom. The van der Waals surface area contributed by atoms with Gasteiger partial charge in [0.05, 0.1) is 20.3 Å². The molecule has 0 amide bonds. The molecule has 0 aliphatic carbocycles. The standard InChI is InChI=1S/C13H17NO4/c1-16-12-3-2-9(11(15)4-5-14)6-13(12)18-10-7-17-8-10/h2-3,6,10H,4-5,7-8,14H2,1H3. The number of methoxy groups -OCH3 is 1. The van der Waals surface area contributed by atoms with Gasteiger partial charge in [0.2, 0.25) is 0 Å². The molecule has 18 heavy (non-hydrogen) atoms. The molecule has 0 unspecified atom stereocenters. The number of carbonyl (C=O) groups is 1. The van der Waals surface area contributed by atoms with Crippen molar-refractivity contribution in [1.29, 1.82) is 0 Å². The Labute approximate surface area is 106 Å². The molecule has 1 aromatic carbocycles. The highest BCUT2D eigenvalue weighted by molar-refractivity contribution is 5.96. The fraction of sp³-hybridized carbons (Fsp3) is 0.462. The zero-order chi connectivity index (χ0) is 13.0. The number of Topliss-reactive ketones (excluding diaryl/α,β-unsaturated/α-hetero) is 1. The first-order chi connectivity index (χ1) is 8.74. The number of carbonyl (C=O) groups excluding carboxylic acids is 1. The van der Waals surface area contributed by atoms with Crippen LogP contribution in [0.4, 0.5) is 0 Å². The molecule has 1 aliphatic rings. The number of hydrogen-bond donors (Lipinski definition) is 1. The monoisotopic (exact) mass is 251 g/mol. The Bertz CT molecular complexity index is 429. The maximum atomic E-state index is 11.8. The van der Waals surface area contributed by atoms with Gasteiger partial charge in [0.15, 0.2) is 17.3 Å². The largest absolute Gasteiger partial charge is 0.493 e. The van der Waals surface area contributed by atoms with Crippen LogP contribution in [0.25, 0.3) is 0 Å². The van der Waals surface area contributed by atoms with Crippen molar-refractivity contribution >= 4 is 5.78 Å². The van der Waals surface area contributed by atoms with Gasteiger partial charge in [-0.2, -0.15) is 0 Å². The smallest absolute Gasteiger partial charge is 0.164 e. The fourth-order valence-corrected chi connectivity index (χ4v) is 1.68. The lowest BCUT2D eigenvalue weighted by molar-refractivity contribution is -0.0803. The third kappa shape index (κ3) is 2.80. The Hall–Kier alpha value is -1.59. The average molecular weight is 251 g/mol. The maximum absolute atomic E-state index is 11.8. The van der Waals surface area contributed by atoms with Crippen molar-refractivity contribution in [3.05, 3.63) is 23.8 Å². The zero-order valence-electron chi connectivity index (χ0n) is 10.3. The lowest BCUT2D eigenvalue weighted by Crippen LogP contribution is -2.38. The summed E-state index contributed by atoms with van der Waals surface area (Å²) in [5.41, 5.74) is 5.97. The summed E-state index contributed by atoms with van der Waals surface area (Å²) in [5.74, 6) is 1.20. The van der Waals surface area contributed by atoms with Gasteiger partial charge in [-0.3, -0.25) is 4.79 Å². The van der Waals surface area contributed by atoms with Crippen molar-refractivity contribution < 1.29 is 19.0 Å². The number of nitrogens with two attached hydrogens (primary N) is 1. The molecule has 1 aliphatic heterocycles. The second kappa shape index (κ2) is 5.84. The van der Waals surface area contributed by atoms with Crippen LogP contribution in [0, 0.1) is 0 Å². The summed E-state index contributed by atoms with van der Waals surface area (Å²) >= 11 is 0. The third-order valence-corrected chi connectivity index (χ3v) is 2.76. The fourth-order valence-electron chi connectivity index (χ4n) is 1.68. The van der Waals surface area contributed by atoms with Crippen molar-refractivity contribution in [1.82, 2.24) is 0 Å². The summed E-state index contributed by atoms with van der Waals surface area (Å²) in [6.45, 7) is 1.49. The van der Waals surface area contributed by atoms with Gasteiger partial charge >= 0.3 is 0 Å². The Balaban J connectivity index is 2.17. The number of ether oxygens (including phenoxy) is 3. The summed E-state index contributed by atoms with van der Waals surface area (Å²) < 4.78 is 16.0. The van der Waals surface area contributed by atoms with Crippen LogP contribution >= 0.6 is 0 Å². The van der Waals surface area contributed by atoms with E-state index in [1.165, 1.54) is 0 Å². The van der Waals surface area contributed by atoms with Crippen LogP contribution in [0.5, 0.6) is 11.5 Å². The van der Waals surface area contributed by atoms with Gasteiger partial charge in [-0.1, -0.05) is 0 Å². The van der Waals surface area contributed by atoms with Crippen LogP contribution in [-0.2, 0) is 4.74 Å². The maximum Gasteiger partial charge on any atom is 0.164 e. The van der Waals surface area contributed by atoms with E-state index in [9.17, 15) is 4.79 Å². The Morgan fingerprint density at radius 2 is 2.22 bits per heavy atom. The van der Waals surface area contributed by atoms with E-state index in [1.807, 2.05) is 0 Å². The van der Waals surface area contributed by atoms with E-state index in [2.05, 4.69) is 0 Å². The highest BCUT2D eigenvalue weighted by atomic mass is 16.6. The zero-order valence-corrected chi connectivity index (χ0v) is 10.3.